The molecular formula is C24H32N2O6. The first kappa shape index (κ1) is 21.9. The van der Waals surface area contributed by atoms with Crippen molar-refractivity contribution in [2.45, 2.75) is 82.2 Å². The number of benzene rings is 1. The Kier molecular flexibility index (Phi) is 5.98. The molecule has 0 unspecified atom stereocenters. The molecule has 1 aromatic heterocycles. The molecule has 8 heteroatoms. The SMILES string of the molecule is Cc1c(Cc2ccc(C3CC3)cc2)c(O[C@@H]2O[C@H](CO)[C@@H](O)[C@H](O)[C@H]2O)nn1CC1CC1. The summed E-state index contributed by atoms with van der Waals surface area (Å²) in [6, 6.07) is 8.66. The molecule has 0 spiro atoms. The fourth-order valence-electron chi connectivity index (χ4n) is 4.38. The summed E-state index contributed by atoms with van der Waals surface area (Å²) in [7, 11) is 0. The molecule has 3 aliphatic rings. The maximum Gasteiger partial charge on any atom is 0.239 e. The van der Waals surface area contributed by atoms with Crippen molar-refractivity contribution in [1.82, 2.24) is 9.78 Å². The Bertz CT molecular complexity index is 935. The molecular weight excluding hydrogens is 412 g/mol. The number of hydrogen-bond acceptors (Lipinski definition) is 7. The van der Waals surface area contributed by atoms with Gasteiger partial charge in [-0.05, 0) is 55.6 Å². The van der Waals surface area contributed by atoms with E-state index in [4.69, 9.17) is 9.47 Å². The number of aliphatic hydroxyl groups is 4. The van der Waals surface area contributed by atoms with Gasteiger partial charge in [0.1, 0.15) is 24.4 Å². The van der Waals surface area contributed by atoms with Gasteiger partial charge in [0, 0.05) is 24.2 Å². The number of hydrogen-bond donors (Lipinski definition) is 4. The average molecular weight is 445 g/mol. The monoisotopic (exact) mass is 444 g/mol. The van der Waals surface area contributed by atoms with E-state index < -0.39 is 37.3 Å². The maximum atomic E-state index is 10.4. The van der Waals surface area contributed by atoms with Crippen molar-refractivity contribution in [2.75, 3.05) is 6.61 Å². The second-order valence-electron chi connectivity index (χ2n) is 9.50. The zero-order chi connectivity index (χ0) is 22.4. The summed E-state index contributed by atoms with van der Waals surface area (Å²) >= 11 is 0. The molecule has 2 saturated carbocycles. The zero-order valence-electron chi connectivity index (χ0n) is 18.3. The van der Waals surface area contributed by atoms with E-state index in [0.29, 0.717) is 24.1 Å². The van der Waals surface area contributed by atoms with Gasteiger partial charge in [-0.25, -0.2) is 0 Å². The normalized spacial score (nSPS) is 30.5. The average Bonchev–Trinajstić information content (AvgIpc) is 3.71. The van der Waals surface area contributed by atoms with Crippen molar-refractivity contribution in [3.8, 4) is 5.88 Å². The van der Waals surface area contributed by atoms with Crippen LogP contribution in [0.5, 0.6) is 5.88 Å². The second-order valence-corrected chi connectivity index (χ2v) is 9.50. The molecule has 1 saturated heterocycles. The molecule has 174 valence electrons. The van der Waals surface area contributed by atoms with Gasteiger partial charge in [-0.1, -0.05) is 24.3 Å². The fourth-order valence-corrected chi connectivity index (χ4v) is 4.38. The molecule has 5 rings (SSSR count). The third-order valence-corrected chi connectivity index (χ3v) is 6.91. The Labute approximate surface area is 187 Å². The summed E-state index contributed by atoms with van der Waals surface area (Å²) in [5.41, 5.74) is 4.43. The van der Waals surface area contributed by atoms with Gasteiger partial charge in [0.2, 0.25) is 12.2 Å². The highest BCUT2D eigenvalue weighted by Crippen LogP contribution is 2.40. The summed E-state index contributed by atoms with van der Waals surface area (Å²) < 4.78 is 13.5. The molecule has 4 N–H and O–H groups in total. The molecule has 1 aliphatic heterocycles. The van der Waals surface area contributed by atoms with E-state index in [1.54, 1.807) is 0 Å². The van der Waals surface area contributed by atoms with E-state index in [1.807, 2.05) is 11.6 Å². The molecule has 5 atom stereocenters. The van der Waals surface area contributed by atoms with Crippen molar-refractivity contribution in [1.29, 1.82) is 0 Å². The first-order valence-electron chi connectivity index (χ1n) is 11.6. The van der Waals surface area contributed by atoms with Gasteiger partial charge >= 0.3 is 0 Å². The van der Waals surface area contributed by atoms with Crippen LogP contribution in [0.15, 0.2) is 24.3 Å². The Morgan fingerprint density at radius 2 is 1.75 bits per heavy atom. The van der Waals surface area contributed by atoms with Crippen molar-refractivity contribution in [3.63, 3.8) is 0 Å². The Morgan fingerprint density at radius 1 is 1.03 bits per heavy atom. The van der Waals surface area contributed by atoms with Gasteiger partial charge in [-0.3, -0.25) is 4.68 Å². The summed E-state index contributed by atoms with van der Waals surface area (Å²) in [6.07, 6.45) is -1.10. The molecule has 0 bridgehead atoms. The molecule has 1 aromatic carbocycles. The molecule has 2 heterocycles. The van der Waals surface area contributed by atoms with Crippen molar-refractivity contribution < 1.29 is 29.9 Å². The van der Waals surface area contributed by atoms with Gasteiger partial charge in [0.15, 0.2) is 0 Å². The van der Waals surface area contributed by atoms with Gasteiger partial charge in [-0.2, -0.15) is 0 Å². The summed E-state index contributed by atoms with van der Waals surface area (Å²) in [5, 5.41) is 44.7. The van der Waals surface area contributed by atoms with E-state index in [2.05, 4.69) is 29.4 Å². The first-order chi connectivity index (χ1) is 15.4. The highest BCUT2D eigenvalue weighted by Gasteiger charge is 2.45. The standard InChI is InChI=1S/C24H32N2O6/c1-13-18(10-14-4-6-16(7-5-14)17-8-9-17)23(25-26(13)11-15-2-3-15)32-24-22(30)21(29)20(28)19(12-27)31-24/h4-7,15,17,19-22,24,27-30H,2-3,8-12H2,1H3/t19-,20-,21+,22-,24+/m1/s1. The molecule has 0 amide bonds. The van der Waals surface area contributed by atoms with Gasteiger partial charge in [0.25, 0.3) is 0 Å². The van der Waals surface area contributed by atoms with Crippen molar-refractivity contribution >= 4 is 0 Å². The van der Waals surface area contributed by atoms with Crippen LogP contribution >= 0.6 is 0 Å². The van der Waals surface area contributed by atoms with Crippen LogP contribution in [0.25, 0.3) is 0 Å². The van der Waals surface area contributed by atoms with Gasteiger partial charge in [-0.15, -0.1) is 5.10 Å². The zero-order valence-corrected chi connectivity index (χ0v) is 18.3. The van der Waals surface area contributed by atoms with Crippen LogP contribution in [0.3, 0.4) is 0 Å². The smallest absolute Gasteiger partial charge is 0.239 e. The highest BCUT2D eigenvalue weighted by atomic mass is 16.7. The summed E-state index contributed by atoms with van der Waals surface area (Å²) in [6.45, 7) is 2.33. The number of rotatable bonds is 8. The lowest BCUT2D eigenvalue weighted by molar-refractivity contribution is -0.278. The maximum absolute atomic E-state index is 10.4. The van der Waals surface area contributed by atoms with E-state index >= 15 is 0 Å². The van der Waals surface area contributed by atoms with Crippen LogP contribution in [-0.2, 0) is 17.7 Å². The van der Waals surface area contributed by atoms with Crippen LogP contribution in [0.4, 0.5) is 0 Å². The number of ether oxygens (including phenoxy) is 2. The molecule has 2 aromatic rings. The Balaban J connectivity index is 1.40. The summed E-state index contributed by atoms with van der Waals surface area (Å²) in [5.74, 6) is 1.68. The minimum Gasteiger partial charge on any atom is -0.443 e. The number of aliphatic hydroxyl groups excluding tert-OH is 4. The van der Waals surface area contributed by atoms with Crippen LogP contribution in [0.2, 0.25) is 0 Å². The molecule has 8 nitrogen and oxygen atoms in total. The largest absolute Gasteiger partial charge is 0.443 e. The molecule has 0 radical (unpaired) electrons. The minimum absolute atomic E-state index is 0.346. The van der Waals surface area contributed by atoms with Crippen LogP contribution in [0.1, 0.15) is 54.0 Å². The summed E-state index contributed by atoms with van der Waals surface area (Å²) in [4.78, 5) is 0. The van der Waals surface area contributed by atoms with E-state index in [0.717, 1.165) is 23.4 Å². The molecule has 32 heavy (non-hydrogen) atoms. The van der Waals surface area contributed by atoms with Gasteiger partial charge in [0.05, 0.1) is 6.61 Å². The second kappa shape index (κ2) is 8.76. The quantitative estimate of drug-likeness (QED) is 0.484. The number of aromatic nitrogens is 2. The lowest BCUT2D eigenvalue weighted by Gasteiger charge is -2.39. The Morgan fingerprint density at radius 3 is 2.38 bits per heavy atom. The van der Waals surface area contributed by atoms with Crippen LogP contribution < -0.4 is 4.74 Å². The third kappa shape index (κ3) is 4.43. The lowest BCUT2D eigenvalue weighted by atomic mass is 9.99. The van der Waals surface area contributed by atoms with Gasteiger partial charge < -0.3 is 29.9 Å². The predicted octanol–water partition coefficient (Wildman–Crippen LogP) is 1.25. The minimum atomic E-state index is -1.49. The third-order valence-electron chi connectivity index (χ3n) is 6.91. The Hall–Kier alpha value is -1.97. The highest BCUT2D eigenvalue weighted by molar-refractivity contribution is 5.38. The fraction of sp³-hybridized carbons (Fsp3) is 0.625. The number of nitrogens with zero attached hydrogens (tertiary/aromatic N) is 2. The van der Waals surface area contributed by atoms with Crippen molar-refractivity contribution in [3.05, 3.63) is 46.6 Å². The first-order valence-corrected chi connectivity index (χ1v) is 11.6. The topological polar surface area (TPSA) is 117 Å². The molecule has 3 fully saturated rings. The van der Waals surface area contributed by atoms with Crippen LogP contribution in [-0.4, -0.2) is 67.5 Å². The van der Waals surface area contributed by atoms with E-state index in [-0.39, 0.29) is 0 Å². The lowest BCUT2D eigenvalue weighted by Crippen LogP contribution is -2.60. The van der Waals surface area contributed by atoms with E-state index in [9.17, 15) is 20.4 Å². The van der Waals surface area contributed by atoms with Crippen molar-refractivity contribution in [2.24, 2.45) is 5.92 Å². The van der Waals surface area contributed by atoms with E-state index in [1.165, 1.54) is 31.2 Å². The predicted molar refractivity (Wildman–Crippen MR) is 115 cm³/mol. The molecule has 2 aliphatic carbocycles. The van der Waals surface area contributed by atoms with Crippen LogP contribution in [0, 0.1) is 12.8 Å².